The zero-order chi connectivity index (χ0) is 30.3. The van der Waals surface area contributed by atoms with Gasteiger partial charge in [0.05, 0.1) is 17.5 Å². The first kappa shape index (κ1) is 28.9. The van der Waals surface area contributed by atoms with Crippen LogP contribution >= 0.6 is 0 Å². The smallest absolute Gasteiger partial charge is 0.338 e. The van der Waals surface area contributed by atoms with Crippen LogP contribution in [0.3, 0.4) is 0 Å². The third-order valence-corrected chi connectivity index (χ3v) is 6.82. The summed E-state index contributed by atoms with van der Waals surface area (Å²) in [6, 6.07) is 20.9. The molecule has 7 N–H and O–H groups in total. The maximum absolute atomic E-state index is 13.5. The number of amidine groups is 1. The maximum atomic E-state index is 13.5. The normalized spacial score (nSPS) is 12.9. The van der Waals surface area contributed by atoms with Crippen molar-refractivity contribution in [3.63, 3.8) is 0 Å². The highest BCUT2D eigenvalue weighted by atomic mass is 16.5. The minimum absolute atomic E-state index is 0.0232. The molecular formula is C31H31N7O5. The Morgan fingerprint density at radius 2 is 1.77 bits per heavy atom. The number of nitrogens with zero attached hydrogens (tertiary/aromatic N) is 3. The molecule has 4 aromatic rings. The molecule has 0 atom stereocenters. The lowest BCUT2D eigenvalue weighted by Crippen LogP contribution is -2.34. The Morgan fingerprint density at radius 1 is 1.02 bits per heavy atom. The number of aromatic nitrogens is 2. The Bertz CT molecular complexity index is 1720. The number of amides is 1. The molecule has 0 saturated heterocycles. The molecule has 12 heteroatoms. The van der Waals surface area contributed by atoms with Gasteiger partial charge >= 0.3 is 5.97 Å². The molecule has 1 amide bonds. The number of anilines is 2. The minimum atomic E-state index is -0.581. The summed E-state index contributed by atoms with van der Waals surface area (Å²) < 4.78 is 6.78. The maximum Gasteiger partial charge on any atom is 0.338 e. The van der Waals surface area contributed by atoms with Gasteiger partial charge in [-0.05, 0) is 42.2 Å². The van der Waals surface area contributed by atoms with Crippen molar-refractivity contribution in [3.8, 4) is 11.3 Å². The summed E-state index contributed by atoms with van der Waals surface area (Å²) in [6.07, 6.45) is 3.35. The van der Waals surface area contributed by atoms with Crippen molar-refractivity contribution in [2.24, 2.45) is 10.9 Å². The van der Waals surface area contributed by atoms with Gasteiger partial charge in [0.1, 0.15) is 13.2 Å². The second-order valence-corrected chi connectivity index (χ2v) is 10.2. The number of carbonyl (C=O) groups is 2. The number of hydrogen-bond donors (Lipinski definition) is 5. The summed E-state index contributed by atoms with van der Waals surface area (Å²) >= 11 is 0. The van der Waals surface area contributed by atoms with Crippen molar-refractivity contribution in [2.45, 2.75) is 38.6 Å². The standard InChI is InChI=1S/C31H31N7O5/c32-24-13-22(12-23(14-24)31(41)43-18-20-4-2-1-3-5-20)26-16-35-29(36-25-10-11-25)30(40)38(26)17-27(39)34-15-19-6-8-21(9-7-19)28(33)37-42/h1-9,12-14,16,25,42H,10-11,15,17-18,32H2,(H2,33,37)(H,34,39)(H,35,36). The fourth-order valence-electron chi connectivity index (χ4n) is 4.37. The highest BCUT2D eigenvalue weighted by Gasteiger charge is 2.24. The van der Waals surface area contributed by atoms with Gasteiger partial charge in [-0.25, -0.2) is 9.78 Å². The predicted molar refractivity (Wildman–Crippen MR) is 161 cm³/mol. The molecule has 220 valence electrons. The van der Waals surface area contributed by atoms with Crippen LogP contribution in [0.1, 0.15) is 39.9 Å². The van der Waals surface area contributed by atoms with E-state index >= 15 is 0 Å². The zero-order valence-electron chi connectivity index (χ0n) is 23.2. The van der Waals surface area contributed by atoms with Crippen LogP contribution in [0.4, 0.5) is 11.5 Å². The lowest BCUT2D eigenvalue weighted by molar-refractivity contribution is -0.121. The number of hydrogen-bond acceptors (Lipinski definition) is 9. The van der Waals surface area contributed by atoms with Gasteiger partial charge in [-0.3, -0.25) is 14.2 Å². The molecule has 1 aliphatic rings. The van der Waals surface area contributed by atoms with Gasteiger partial charge < -0.3 is 32.0 Å². The molecule has 1 heterocycles. The summed E-state index contributed by atoms with van der Waals surface area (Å²) in [5.41, 5.74) is 14.6. The predicted octanol–water partition coefficient (Wildman–Crippen LogP) is 2.83. The highest BCUT2D eigenvalue weighted by molar-refractivity contribution is 5.97. The van der Waals surface area contributed by atoms with E-state index in [1.807, 2.05) is 30.3 Å². The van der Waals surface area contributed by atoms with Gasteiger partial charge in [-0.2, -0.15) is 0 Å². The van der Waals surface area contributed by atoms with Gasteiger partial charge in [-0.1, -0.05) is 59.8 Å². The van der Waals surface area contributed by atoms with E-state index < -0.39 is 17.4 Å². The van der Waals surface area contributed by atoms with E-state index in [4.69, 9.17) is 21.4 Å². The van der Waals surface area contributed by atoms with E-state index in [-0.39, 0.29) is 48.6 Å². The lowest BCUT2D eigenvalue weighted by atomic mass is 10.1. The average molecular weight is 582 g/mol. The topological polar surface area (TPSA) is 187 Å². The van der Waals surface area contributed by atoms with Crippen molar-refractivity contribution in [3.05, 3.63) is 112 Å². The molecule has 1 aromatic heterocycles. The molecule has 1 fully saturated rings. The number of benzene rings is 3. The molecule has 12 nitrogen and oxygen atoms in total. The third-order valence-electron chi connectivity index (χ3n) is 6.82. The molecular weight excluding hydrogens is 550 g/mol. The summed E-state index contributed by atoms with van der Waals surface area (Å²) in [7, 11) is 0. The SMILES string of the molecule is N/C(=N/O)c1ccc(CNC(=O)Cn2c(-c3cc(N)cc(C(=O)OCc4ccccc4)c3)cnc(NC3CC3)c2=O)cc1. The van der Waals surface area contributed by atoms with E-state index in [0.717, 1.165) is 24.0 Å². The van der Waals surface area contributed by atoms with E-state index in [0.29, 0.717) is 16.8 Å². The Labute approximate surface area is 247 Å². The molecule has 3 aromatic carbocycles. The zero-order valence-corrected chi connectivity index (χ0v) is 23.2. The average Bonchev–Trinajstić information content (AvgIpc) is 3.85. The van der Waals surface area contributed by atoms with Crippen LogP contribution in [0, 0.1) is 0 Å². The van der Waals surface area contributed by atoms with Gasteiger partial charge in [0.15, 0.2) is 11.7 Å². The highest BCUT2D eigenvalue weighted by Crippen LogP contribution is 2.26. The largest absolute Gasteiger partial charge is 0.457 e. The van der Waals surface area contributed by atoms with Crippen molar-refractivity contribution < 1.29 is 19.5 Å². The Balaban J connectivity index is 1.38. The van der Waals surface area contributed by atoms with Gasteiger partial charge in [-0.15, -0.1) is 0 Å². The van der Waals surface area contributed by atoms with E-state index in [1.54, 1.807) is 36.4 Å². The van der Waals surface area contributed by atoms with Crippen LogP contribution in [-0.4, -0.2) is 38.5 Å². The Hall–Kier alpha value is -5.65. The molecule has 5 rings (SSSR count). The molecule has 0 spiro atoms. The molecule has 0 bridgehead atoms. The number of nitrogen functional groups attached to an aromatic ring is 1. The fraction of sp³-hybridized carbons (Fsp3) is 0.194. The second-order valence-electron chi connectivity index (χ2n) is 10.2. The van der Waals surface area contributed by atoms with Crippen molar-refractivity contribution in [2.75, 3.05) is 11.1 Å². The first-order valence-corrected chi connectivity index (χ1v) is 13.6. The van der Waals surface area contributed by atoms with E-state index in [2.05, 4.69) is 20.8 Å². The fourth-order valence-corrected chi connectivity index (χ4v) is 4.37. The van der Waals surface area contributed by atoms with Crippen molar-refractivity contribution in [1.82, 2.24) is 14.9 Å². The lowest BCUT2D eigenvalue weighted by Gasteiger charge is -2.16. The van der Waals surface area contributed by atoms with Crippen LogP contribution in [0.5, 0.6) is 0 Å². The van der Waals surface area contributed by atoms with Crippen LogP contribution < -0.4 is 27.7 Å². The Morgan fingerprint density at radius 3 is 2.47 bits per heavy atom. The summed E-state index contributed by atoms with van der Waals surface area (Å²) in [4.78, 5) is 43.8. The Kier molecular flexibility index (Phi) is 8.66. The van der Waals surface area contributed by atoms with E-state index in [9.17, 15) is 14.4 Å². The summed E-state index contributed by atoms with van der Waals surface area (Å²) in [5.74, 6) is -0.880. The summed E-state index contributed by atoms with van der Waals surface area (Å²) in [5, 5.41) is 17.7. The summed E-state index contributed by atoms with van der Waals surface area (Å²) in [6.45, 7) is -0.0307. The molecule has 0 aliphatic heterocycles. The number of nitrogens with two attached hydrogens (primary N) is 2. The number of oxime groups is 1. The molecule has 0 unspecified atom stereocenters. The van der Waals surface area contributed by atoms with Crippen LogP contribution in [0.25, 0.3) is 11.3 Å². The molecule has 0 radical (unpaired) electrons. The molecule has 43 heavy (non-hydrogen) atoms. The quantitative estimate of drug-likeness (QED) is 0.0443. The third kappa shape index (κ3) is 7.36. The van der Waals surface area contributed by atoms with Crippen molar-refractivity contribution >= 4 is 29.2 Å². The number of rotatable bonds is 11. The second kappa shape index (κ2) is 12.9. The van der Waals surface area contributed by atoms with Gasteiger partial charge in [0.25, 0.3) is 5.56 Å². The van der Waals surface area contributed by atoms with Crippen LogP contribution in [0.15, 0.2) is 88.9 Å². The number of ether oxygens (including phenoxy) is 1. The minimum Gasteiger partial charge on any atom is -0.457 e. The number of carbonyl (C=O) groups excluding carboxylic acids is 2. The van der Waals surface area contributed by atoms with E-state index in [1.165, 1.54) is 16.8 Å². The van der Waals surface area contributed by atoms with Gasteiger partial charge in [0, 0.05) is 29.4 Å². The molecule has 1 saturated carbocycles. The molecule has 1 aliphatic carbocycles. The first-order chi connectivity index (χ1) is 20.8. The monoisotopic (exact) mass is 581 g/mol. The number of esters is 1. The van der Waals surface area contributed by atoms with Crippen molar-refractivity contribution in [1.29, 1.82) is 0 Å². The van der Waals surface area contributed by atoms with Crippen LogP contribution in [-0.2, 0) is 29.2 Å². The first-order valence-electron chi connectivity index (χ1n) is 13.6. The van der Waals surface area contributed by atoms with Gasteiger partial charge in [0.2, 0.25) is 5.91 Å². The van der Waals surface area contributed by atoms with Crippen LogP contribution in [0.2, 0.25) is 0 Å². The number of nitrogens with one attached hydrogen (secondary N) is 2.